The standard InChI is InChI=1S/C11H17NOS/c1-9-8-10(13-3)4-5-11(9)14-7-6-12-2/h4-5,8,12H,6-7H2,1-3H3. The third-order valence-corrected chi connectivity index (χ3v) is 3.17. The van der Waals surface area contributed by atoms with Crippen molar-refractivity contribution in [2.45, 2.75) is 11.8 Å². The van der Waals surface area contributed by atoms with Crippen LogP contribution in [0, 0.1) is 6.92 Å². The predicted octanol–water partition coefficient (Wildman–Crippen LogP) is 2.32. The van der Waals surface area contributed by atoms with Crippen LogP contribution >= 0.6 is 11.8 Å². The van der Waals surface area contributed by atoms with Crippen molar-refractivity contribution in [1.29, 1.82) is 0 Å². The number of hydrogen-bond donors (Lipinski definition) is 1. The minimum atomic E-state index is 0.931. The van der Waals surface area contributed by atoms with Gasteiger partial charge in [0.1, 0.15) is 5.75 Å². The molecular weight excluding hydrogens is 194 g/mol. The normalized spacial score (nSPS) is 10.2. The zero-order chi connectivity index (χ0) is 10.4. The van der Waals surface area contributed by atoms with E-state index >= 15 is 0 Å². The molecule has 1 N–H and O–H groups in total. The third-order valence-electron chi connectivity index (χ3n) is 1.99. The molecule has 0 aliphatic rings. The maximum absolute atomic E-state index is 5.15. The molecule has 0 radical (unpaired) electrons. The Bertz CT molecular complexity index is 289. The number of hydrogen-bond acceptors (Lipinski definition) is 3. The number of ether oxygens (including phenoxy) is 1. The molecule has 0 aliphatic heterocycles. The van der Waals surface area contributed by atoms with Crippen LogP contribution in [0.4, 0.5) is 0 Å². The molecule has 0 saturated carbocycles. The Morgan fingerprint density at radius 1 is 1.43 bits per heavy atom. The molecule has 0 aromatic heterocycles. The van der Waals surface area contributed by atoms with Crippen molar-refractivity contribution in [2.24, 2.45) is 0 Å². The monoisotopic (exact) mass is 211 g/mol. The number of nitrogens with one attached hydrogen (secondary N) is 1. The summed E-state index contributed by atoms with van der Waals surface area (Å²) >= 11 is 1.87. The zero-order valence-corrected chi connectivity index (χ0v) is 9.78. The van der Waals surface area contributed by atoms with E-state index in [1.54, 1.807) is 7.11 Å². The Kier molecular flexibility index (Phi) is 4.84. The molecule has 0 heterocycles. The lowest BCUT2D eigenvalue weighted by atomic mass is 10.2. The van der Waals surface area contributed by atoms with Crippen molar-refractivity contribution in [3.63, 3.8) is 0 Å². The van der Waals surface area contributed by atoms with E-state index in [9.17, 15) is 0 Å². The van der Waals surface area contributed by atoms with Crippen molar-refractivity contribution in [2.75, 3.05) is 26.5 Å². The smallest absolute Gasteiger partial charge is 0.119 e. The lowest BCUT2D eigenvalue weighted by molar-refractivity contribution is 0.414. The molecule has 1 aromatic carbocycles. The van der Waals surface area contributed by atoms with Crippen molar-refractivity contribution < 1.29 is 4.74 Å². The Labute approximate surface area is 90.0 Å². The van der Waals surface area contributed by atoms with Crippen LogP contribution in [0.1, 0.15) is 5.56 Å². The molecule has 2 nitrogen and oxygen atoms in total. The Morgan fingerprint density at radius 2 is 2.21 bits per heavy atom. The van der Waals surface area contributed by atoms with E-state index in [-0.39, 0.29) is 0 Å². The van der Waals surface area contributed by atoms with Gasteiger partial charge < -0.3 is 10.1 Å². The van der Waals surface area contributed by atoms with E-state index in [2.05, 4.69) is 24.4 Å². The number of thioether (sulfide) groups is 1. The lowest BCUT2D eigenvalue weighted by Crippen LogP contribution is -2.09. The SMILES string of the molecule is CNCCSc1ccc(OC)cc1C. The fourth-order valence-corrected chi connectivity index (χ4v) is 2.15. The number of benzene rings is 1. The van der Waals surface area contributed by atoms with E-state index in [0.29, 0.717) is 0 Å². The molecule has 1 aromatic rings. The van der Waals surface area contributed by atoms with Gasteiger partial charge in [-0.05, 0) is 37.7 Å². The topological polar surface area (TPSA) is 21.3 Å². The first-order valence-corrected chi connectivity index (χ1v) is 5.68. The lowest BCUT2D eigenvalue weighted by Gasteiger charge is -2.07. The molecule has 3 heteroatoms. The van der Waals surface area contributed by atoms with Gasteiger partial charge >= 0.3 is 0 Å². The molecule has 0 bridgehead atoms. The quantitative estimate of drug-likeness (QED) is 0.596. The summed E-state index contributed by atoms with van der Waals surface area (Å²) in [6.45, 7) is 3.15. The minimum absolute atomic E-state index is 0.931. The second-order valence-corrected chi connectivity index (χ2v) is 4.22. The average molecular weight is 211 g/mol. The molecule has 0 unspecified atom stereocenters. The van der Waals surface area contributed by atoms with Gasteiger partial charge in [-0.25, -0.2) is 0 Å². The van der Waals surface area contributed by atoms with Crippen LogP contribution in [0.2, 0.25) is 0 Å². The highest BCUT2D eigenvalue weighted by Crippen LogP contribution is 2.25. The third kappa shape index (κ3) is 3.24. The summed E-state index contributed by atoms with van der Waals surface area (Å²) in [5, 5.41) is 3.13. The maximum atomic E-state index is 5.15. The van der Waals surface area contributed by atoms with Crippen molar-refractivity contribution in [1.82, 2.24) is 5.32 Å². The molecule has 0 atom stereocenters. The highest BCUT2D eigenvalue weighted by Gasteiger charge is 2.00. The van der Waals surface area contributed by atoms with E-state index in [1.165, 1.54) is 10.5 Å². The summed E-state index contributed by atoms with van der Waals surface area (Å²) in [5.74, 6) is 2.03. The summed E-state index contributed by atoms with van der Waals surface area (Å²) in [6, 6.07) is 6.20. The zero-order valence-electron chi connectivity index (χ0n) is 8.96. The fourth-order valence-electron chi connectivity index (χ4n) is 1.17. The van der Waals surface area contributed by atoms with Crippen LogP contribution in [0.15, 0.2) is 23.1 Å². The van der Waals surface area contributed by atoms with Crippen LogP contribution in [0.5, 0.6) is 5.75 Å². The molecule has 0 amide bonds. The second-order valence-electron chi connectivity index (χ2n) is 3.08. The number of rotatable bonds is 5. The largest absolute Gasteiger partial charge is 0.497 e. The van der Waals surface area contributed by atoms with Crippen LogP contribution in [-0.2, 0) is 0 Å². The van der Waals surface area contributed by atoms with Crippen LogP contribution in [0.25, 0.3) is 0 Å². The van der Waals surface area contributed by atoms with Gasteiger partial charge in [0.25, 0.3) is 0 Å². The van der Waals surface area contributed by atoms with E-state index in [4.69, 9.17) is 4.74 Å². The predicted molar refractivity (Wildman–Crippen MR) is 62.4 cm³/mol. The van der Waals surface area contributed by atoms with Gasteiger partial charge in [0.15, 0.2) is 0 Å². The summed E-state index contributed by atoms with van der Waals surface area (Å²) in [6.07, 6.45) is 0. The highest BCUT2D eigenvalue weighted by atomic mass is 32.2. The van der Waals surface area contributed by atoms with Crippen LogP contribution < -0.4 is 10.1 Å². The molecule has 0 fully saturated rings. The van der Waals surface area contributed by atoms with Gasteiger partial charge in [-0.2, -0.15) is 0 Å². The van der Waals surface area contributed by atoms with E-state index in [1.807, 2.05) is 24.9 Å². The van der Waals surface area contributed by atoms with Gasteiger partial charge in [-0.3, -0.25) is 0 Å². The van der Waals surface area contributed by atoms with Crippen molar-refractivity contribution in [3.8, 4) is 5.75 Å². The second kappa shape index (κ2) is 5.94. The first-order chi connectivity index (χ1) is 6.77. The molecular formula is C11H17NOS. The van der Waals surface area contributed by atoms with Gasteiger partial charge in [0, 0.05) is 17.2 Å². The first-order valence-electron chi connectivity index (χ1n) is 4.70. The van der Waals surface area contributed by atoms with Gasteiger partial charge in [0.2, 0.25) is 0 Å². The van der Waals surface area contributed by atoms with Crippen molar-refractivity contribution >= 4 is 11.8 Å². The summed E-state index contributed by atoms with van der Waals surface area (Å²) in [5.41, 5.74) is 1.28. The molecule has 0 aliphatic carbocycles. The van der Waals surface area contributed by atoms with Crippen LogP contribution in [-0.4, -0.2) is 26.5 Å². The molecule has 0 saturated heterocycles. The number of methoxy groups -OCH3 is 1. The van der Waals surface area contributed by atoms with Crippen LogP contribution in [0.3, 0.4) is 0 Å². The maximum Gasteiger partial charge on any atom is 0.119 e. The molecule has 1 rings (SSSR count). The summed E-state index contributed by atoms with van der Waals surface area (Å²) in [7, 11) is 3.67. The van der Waals surface area contributed by atoms with E-state index in [0.717, 1.165) is 18.0 Å². The molecule has 78 valence electrons. The minimum Gasteiger partial charge on any atom is -0.497 e. The number of aryl methyl sites for hydroxylation is 1. The molecule has 14 heavy (non-hydrogen) atoms. The van der Waals surface area contributed by atoms with Crippen molar-refractivity contribution in [3.05, 3.63) is 23.8 Å². The van der Waals surface area contributed by atoms with Gasteiger partial charge in [-0.1, -0.05) is 0 Å². The van der Waals surface area contributed by atoms with Gasteiger partial charge in [-0.15, -0.1) is 11.8 Å². The summed E-state index contributed by atoms with van der Waals surface area (Å²) in [4.78, 5) is 1.33. The fraction of sp³-hybridized carbons (Fsp3) is 0.455. The van der Waals surface area contributed by atoms with E-state index < -0.39 is 0 Å². The Balaban J connectivity index is 2.59. The summed E-state index contributed by atoms with van der Waals surface area (Å²) < 4.78 is 5.15. The first kappa shape index (κ1) is 11.4. The molecule has 0 spiro atoms. The average Bonchev–Trinajstić information content (AvgIpc) is 2.20. The Hall–Kier alpha value is -0.670. The highest BCUT2D eigenvalue weighted by molar-refractivity contribution is 7.99. The van der Waals surface area contributed by atoms with Gasteiger partial charge in [0.05, 0.1) is 7.11 Å². The Morgan fingerprint density at radius 3 is 2.79 bits per heavy atom.